The van der Waals surface area contributed by atoms with Crippen molar-refractivity contribution in [3.63, 3.8) is 0 Å². The van der Waals surface area contributed by atoms with Crippen LogP contribution in [-0.4, -0.2) is 26.5 Å². The second kappa shape index (κ2) is 8.47. The van der Waals surface area contributed by atoms with Crippen molar-refractivity contribution in [3.8, 4) is 0 Å². The van der Waals surface area contributed by atoms with Gasteiger partial charge in [-0.3, -0.25) is 9.59 Å². The van der Waals surface area contributed by atoms with E-state index in [2.05, 4.69) is 33.1 Å². The first-order valence-electron chi connectivity index (χ1n) is 10.1. The second-order valence-corrected chi connectivity index (χ2v) is 7.78. The Morgan fingerprint density at radius 3 is 2.34 bits per heavy atom. The van der Waals surface area contributed by atoms with Gasteiger partial charge in [-0.25, -0.2) is 4.98 Å². The lowest BCUT2D eigenvalue weighted by Gasteiger charge is -2.25. The van der Waals surface area contributed by atoms with Gasteiger partial charge in [-0.2, -0.15) is 0 Å². The molecule has 3 aromatic rings. The molecule has 0 unspecified atom stereocenters. The topological polar surface area (TPSA) is 84.2 Å². The maximum absolute atomic E-state index is 12.4. The average molecular weight is 391 g/mol. The molecular weight excluding hydrogens is 366 g/mol. The Morgan fingerprint density at radius 2 is 1.62 bits per heavy atom. The van der Waals surface area contributed by atoms with Gasteiger partial charge in [0.25, 0.3) is 0 Å². The molecule has 0 spiro atoms. The Hall–Kier alpha value is -3.15. The van der Waals surface area contributed by atoms with Crippen LogP contribution in [0, 0.1) is 11.8 Å². The first kappa shape index (κ1) is 19.2. The number of aromatic nitrogens is 2. The number of amides is 1. The molecule has 150 valence electrons. The van der Waals surface area contributed by atoms with Gasteiger partial charge in [0, 0.05) is 19.0 Å². The number of para-hydroxylation sites is 2. The number of nitrogens with one attached hydrogen (secondary N) is 1. The number of benzene rings is 2. The molecule has 1 aliphatic rings. The number of hydrogen-bond donors (Lipinski definition) is 2. The van der Waals surface area contributed by atoms with Crippen molar-refractivity contribution in [1.82, 2.24) is 14.9 Å². The summed E-state index contributed by atoms with van der Waals surface area (Å²) in [6.45, 7) is 1.24. The van der Waals surface area contributed by atoms with Crippen molar-refractivity contribution in [3.05, 3.63) is 66.0 Å². The summed E-state index contributed by atoms with van der Waals surface area (Å²) in [6.07, 6.45) is 4.34. The molecule has 2 N–H and O–H groups in total. The molecule has 29 heavy (non-hydrogen) atoms. The van der Waals surface area contributed by atoms with Gasteiger partial charge in [0.15, 0.2) is 0 Å². The number of fused-ring (bicyclic) bond motifs is 1. The van der Waals surface area contributed by atoms with E-state index in [1.165, 1.54) is 5.56 Å². The van der Waals surface area contributed by atoms with E-state index in [1.54, 1.807) is 0 Å². The van der Waals surface area contributed by atoms with E-state index in [4.69, 9.17) is 5.11 Å². The first-order chi connectivity index (χ1) is 14.1. The molecule has 1 saturated carbocycles. The van der Waals surface area contributed by atoms with Gasteiger partial charge in [-0.1, -0.05) is 36.4 Å². The molecule has 2 aromatic carbocycles. The minimum Gasteiger partial charge on any atom is -0.481 e. The Labute approximate surface area is 169 Å². The summed E-state index contributed by atoms with van der Waals surface area (Å²) in [4.78, 5) is 27.8. The molecule has 1 fully saturated rings. The predicted octanol–water partition coefficient (Wildman–Crippen LogP) is 3.59. The number of carboxylic acids is 1. The van der Waals surface area contributed by atoms with E-state index in [9.17, 15) is 9.59 Å². The molecule has 4 rings (SSSR count). The van der Waals surface area contributed by atoms with Crippen LogP contribution < -0.4 is 5.32 Å². The largest absolute Gasteiger partial charge is 0.481 e. The van der Waals surface area contributed by atoms with Crippen LogP contribution in [0.3, 0.4) is 0 Å². The predicted molar refractivity (Wildman–Crippen MR) is 110 cm³/mol. The summed E-state index contributed by atoms with van der Waals surface area (Å²) in [5, 5.41) is 12.1. The van der Waals surface area contributed by atoms with Gasteiger partial charge in [0.05, 0.1) is 23.3 Å². The molecule has 0 radical (unpaired) electrons. The lowest BCUT2D eigenvalue weighted by Crippen LogP contribution is -2.34. The molecule has 1 amide bonds. The van der Waals surface area contributed by atoms with Crippen LogP contribution in [0.2, 0.25) is 0 Å². The highest BCUT2D eigenvalue weighted by molar-refractivity contribution is 5.79. The van der Waals surface area contributed by atoms with E-state index in [0.29, 0.717) is 32.2 Å². The number of carboxylic acid groups (broad SMARTS) is 1. The Balaban J connectivity index is 1.29. The van der Waals surface area contributed by atoms with Crippen LogP contribution in [0.15, 0.2) is 54.9 Å². The monoisotopic (exact) mass is 391 g/mol. The summed E-state index contributed by atoms with van der Waals surface area (Å²) >= 11 is 0. The number of carbonyl (C=O) groups is 2. The highest BCUT2D eigenvalue weighted by atomic mass is 16.4. The zero-order valence-corrected chi connectivity index (χ0v) is 16.3. The minimum absolute atomic E-state index is 0.0304. The van der Waals surface area contributed by atoms with Gasteiger partial charge >= 0.3 is 5.97 Å². The van der Waals surface area contributed by atoms with Crippen LogP contribution in [-0.2, 0) is 22.7 Å². The van der Waals surface area contributed by atoms with Crippen molar-refractivity contribution in [1.29, 1.82) is 0 Å². The van der Waals surface area contributed by atoms with Crippen molar-refractivity contribution in [2.45, 2.75) is 38.8 Å². The standard InChI is InChI=1S/C23H25N3O3/c27-22(18-9-11-19(12-10-18)23(28)29)24-13-16-5-7-17(8-6-16)14-26-15-25-20-3-1-2-4-21(20)26/h1-8,15,18-19H,9-14H2,(H,24,27)(H,28,29). The highest BCUT2D eigenvalue weighted by Crippen LogP contribution is 2.29. The quantitative estimate of drug-likeness (QED) is 0.673. The second-order valence-electron chi connectivity index (χ2n) is 7.78. The number of nitrogens with zero attached hydrogens (tertiary/aromatic N) is 2. The fourth-order valence-electron chi connectivity index (χ4n) is 4.03. The van der Waals surface area contributed by atoms with Crippen LogP contribution in [0.1, 0.15) is 36.8 Å². The molecule has 6 heteroatoms. The summed E-state index contributed by atoms with van der Waals surface area (Å²) in [6, 6.07) is 16.3. The third kappa shape index (κ3) is 4.47. The van der Waals surface area contributed by atoms with Crippen LogP contribution in [0.25, 0.3) is 11.0 Å². The zero-order valence-electron chi connectivity index (χ0n) is 16.3. The fraction of sp³-hybridized carbons (Fsp3) is 0.348. The van der Waals surface area contributed by atoms with Crippen LogP contribution >= 0.6 is 0 Å². The third-order valence-electron chi connectivity index (χ3n) is 5.82. The summed E-state index contributed by atoms with van der Waals surface area (Å²) < 4.78 is 2.12. The van der Waals surface area contributed by atoms with E-state index in [-0.39, 0.29) is 17.7 Å². The van der Waals surface area contributed by atoms with Crippen molar-refractivity contribution >= 4 is 22.9 Å². The number of carbonyl (C=O) groups excluding carboxylic acids is 1. The van der Waals surface area contributed by atoms with Crippen LogP contribution in [0.4, 0.5) is 0 Å². The lowest BCUT2D eigenvalue weighted by molar-refractivity contribution is -0.144. The minimum atomic E-state index is -0.743. The molecule has 0 aliphatic heterocycles. The van der Waals surface area contributed by atoms with Gasteiger partial charge < -0.3 is 15.0 Å². The highest BCUT2D eigenvalue weighted by Gasteiger charge is 2.29. The summed E-state index contributed by atoms with van der Waals surface area (Å²) in [5.74, 6) is -1.07. The normalized spacial score (nSPS) is 19.2. The van der Waals surface area contributed by atoms with E-state index in [0.717, 1.165) is 23.1 Å². The smallest absolute Gasteiger partial charge is 0.306 e. The molecule has 0 bridgehead atoms. The maximum atomic E-state index is 12.4. The summed E-state index contributed by atoms with van der Waals surface area (Å²) in [7, 11) is 0. The molecule has 0 atom stereocenters. The van der Waals surface area contributed by atoms with Gasteiger partial charge in [-0.15, -0.1) is 0 Å². The third-order valence-corrected chi connectivity index (χ3v) is 5.82. The summed E-state index contributed by atoms with van der Waals surface area (Å²) in [5.41, 5.74) is 4.33. The Morgan fingerprint density at radius 1 is 0.966 bits per heavy atom. The number of hydrogen-bond acceptors (Lipinski definition) is 3. The van der Waals surface area contributed by atoms with Gasteiger partial charge in [0.1, 0.15) is 0 Å². The van der Waals surface area contributed by atoms with Gasteiger partial charge in [-0.05, 0) is 48.9 Å². The number of aliphatic carboxylic acids is 1. The zero-order chi connectivity index (χ0) is 20.2. The van der Waals surface area contributed by atoms with Crippen LogP contribution in [0.5, 0.6) is 0 Å². The van der Waals surface area contributed by atoms with Gasteiger partial charge in [0.2, 0.25) is 5.91 Å². The fourth-order valence-corrected chi connectivity index (χ4v) is 4.03. The van der Waals surface area contributed by atoms with Crippen molar-refractivity contribution in [2.24, 2.45) is 11.8 Å². The van der Waals surface area contributed by atoms with Crippen molar-refractivity contribution < 1.29 is 14.7 Å². The molecule has 6 nitrogen and oxygen atoms in total. The maximum Gasteiger partial charge on any atom is 0.306 e. The lowest BCUT2D eigenvalue weighted by atomic mass is 9.81. The first-order valence-corrected chi connectivity index (χ1v) is 10.1. The average Bonchev–Trinajstić information content (AvgIpc) is 3.16. The Bertz CT molecular complexity index is 1000. The van der Waals surface area contributed by atoms with E-state index < -0.39 is 5.97 Å². The van der Waals surface area contributed by atoms with Crippen molar-refractivity contribution in [2.75, 3.05) is 0 Å². The molecular formula is C23H25N3O3. The number of imidazole rings is 1. The molecule has 1 aliphatic carbocycles. The number of rotatable bonds is 6. The molecule has 1 heterocycles. The SMILES string of the molecule is O=C(O)C1CCC(C(=O)NCc2ccc(Cn3cnc4ccccc43)cc2)CC1. The molecule has 1 aromatic heterocycles. The van der Waals surface area contributed by atoms with E-state index in [1.807, 2.05) is 36.7 Å². The Kier molecular flexibility index (Phi) is 5.60. The van der Waals surface area contributed by atoms with E-state index >= 15 is 0 Å². The molecule has 0 saturated heterocycles.